The molecule has 2 aromatic rings. The molecule has 126 valence electrons. The van der Waals surface area contributed by atoms with Gasteiger partial charge >= 0.3 is 0 Å². The molecule has 1 unspecified atom stereocenters. The van der Waals surface area contributed by atoms with E-state index in [9.17, 15) is 9.59 Å². The van der Waals surface area contributed by atoms with Crippen LogP contribution in [-0.4, -0.2) is 23.3 Å². The molecular weight excluding hydrogens is 302 g/mol. The van der Waals surface area contributed by atoms with E-state index in [2.05, 4.69) is 0 Å². The minimum Gasteiger partial charge on any atom is -0.370 e. The molecule has 2 aromatic carbocycles. The summed E-state index contributed by atoms with van der Waals surface area (Å²) in [6, 6.07) is 18.8. The molecule has 5 heteroatoms. The van der Waals surface area contributed by atoms with Crippen molar-refractivity contribution in [2.24, 2.45) is 11.5 Å². The molecular formula is C19H23N3O2. The molecule has 1 atom stereocenters. The summed E-state index contributed by atoms with van der Waals surface area (Å²) in [5.41, 5.74) is 13.3. The van der Waals surface area contributed by atoms with Gasteiger partial charge in [0.2, 0.25) is 11.8 Å². The number of primary amides is 1. The van der Waals surface area contributed by atoms with E-state index in [4.69, 9.17) is 11.5 Å². The minimum atomic E-state index is -0.423. The molecule has 4 N–H and O–H groups in total. The summed E-state index contributed by atoms with van der Waals surface area (Å²) in [5, 5.41) is 0. The zero-order chi connectivity index (χ0) is 17.4. The van der Waals surface area contributed by atoms with E-state index in [0.29, 0.717) is 13.1 Å². The Hall–Kier alpha value is -2.66. The summed E-state index contributed by atoms with van der Waals surface area (Å²) in [6.07, 6.45) is 0.328. The molecule has 0 bridgehead atoms. The molecule has 0 heterocycles. The predicted octanol–water partition coefficient (Wildman–Crippen LogP) is 1.98. The van der Waals surface area contributed by atoms with Gasteiger partial charge in [0.1, 0.15) is 0 Å². The fraction of sp³-hybridized carbons (Fsp3) is 0.263. The van der Waals surface area contributed by atoms with Crippen molar-refractivity contribution in [3.8, 4) is 0 Å². The maximum Gasteiger partial charge on any atom is 0.224 e. The topological polar surface area (TPSA) is 89.4 Å². The molecule has 0 aliphatic carbocycles. The lowest BCUT2D eigenvalue weighted by atomic mass is 10.0. The average molecular weight is 325 g/mol. The molecule has 0 saturated carbocycles. The van der Waals surface area contributed by atoms with Crippen LogP contribution in [-0.2, 0) is 16.1 Å². The predicted molar refractivity (Wildman–Crippen MR) is 93.7 cm³/mol. The number of rotatable bonds is 8. The summed E-state index contributed by atoms with van der Waals surface area (Å²) in [7, 11) is 0. The van der Waals surface area contributed by atoms with Gasteiger partial charge in [0.25, 0.3) is 0 Å². The van der Waals surface area contributed by atoms with Crippen LogP contribution in [0, 0.1) is 0 Å². The van der Waals surface area contributed by atoms with E-state index >= 15 is 0 Å². The second kappa shape index (κ2) is 8.84. The smallest absolute Gasteiger partial charge is 0.224 e. The normalized spacial score (nSPS) is 11.7. The molecule has 0 spiro atoms. The van der Waals surface area contributed by atoms with Crippen molar-refractivity contribution in [2.75, 3.05) is 6.54 Å². The number of hydrogen-bond donors (Lipinski definition) is 2. The van der Waals surface area contributed by atoms with E-state index in [-0.39, 0.29) is 24.8 Å². The first-order valence-electron chi connectivity index (χ1n) is 7.97. The van der Waals surface area contributed by atoms with Gasteiger partial charge in [-0.3, -0.25) is 9.59 Å². The van der Waals surface area contributed by atoms with Crippen LogP contribution in [0.1, 0.15) is 30.0 Å². The molecule has 0 aliphatic rings. The van der Waals surface area contributed by atoms with Crippen molar-refractivity contribution in [1.29, 1.82) is 0 Å². The van der Waals surface area contributed by atoms with E-state index in [1.165, 1.54) is 0 Å². The van der Waals surface area contributed by atoms with Gasteiger partial charge in [-0.2, -0.15) is 0 Å². The van der Waals surface area contributed by atoms with Crippen molar-refractivity contribution < 1.29 is 9.59 Å². The van der Waals surface area contributed by atoms with Crippen LogP contribution in [0.2, 0.25) is 0 Å². The van der Waals surface area contributed by atoms with Gasteiger partial charge in [-0.15, -0.1) is 0 Å². The molecule has 0 aliphatic heterocycles. The van der Waals surface area contributed by atoms with Crippen molar-refractivity contribution in [3.05, 3.63) is 71.8 Å². The number of carbonyl (C=O) groups excluding carboxylic acids is 2. The minimum absolute atomic E-state index is 0.0866. The van der Waals surface area contributed by atoms with Gasteiger partial charge in [-0.25, -0.2) is 0 Å². The quantitative estimate of drug-likeness (QED) is 0.777. The summed E-state index contributed by atoms with van der Waals surface area (Å²) in [4.78, 5) is 25.4. The maximum atomic E-state index is 12.6. The summed E-state index contributed by atoms with van der Waals surface area (Å²) >= 11 is 0. The molecule has 2 amide bonds. The first-order chi connectivity index (χ1) is 11.6. The zero-order valence-electron chi connectivity index (χ0n) is 13.6. The van der Waals surface area contributed by atoms with E-state index < -0.39 is 5.91 Å². The number of amides is 2. The number of benzene rings is 2. The zero-order valence-corrected chi connectivity index (χ0v) is 13.6. The van der Waals surface area contributed by atoms with E-state index in [0.717, 1.165) is 11.1 Å². The van der Waals surface area contributed by atoms with Crippen LogP contribution in [0.15, 0.2) is 60.7 Å². The van der Waals surface area contributed by atoms with Crippen molar-refractivity contribution in [1.82, 2.24) is 4.90 Å². The monoisotopic (exact) mass is 325 g/mol. The highest BCUT2D eigenvalue weighted by Crippen LogP contribution is 2.16. The molecule has 0 radical (unpaired) electrons. The number of carbonyl (C=O) groups is 2. The lowest BCUT2D eigenvalue weighted by molar-refractivity contribution is -0.132. The van der Waals surface area contributed by atoms with Crippen LogP contribution < -0.4 is 11.5 Å². The summed E-state index contributed by atoms with van der Waals surface area (Å²) in [6.45, 7) is 0.735. The Bertz CT molecular complexity index is 659. The third kappa shape index (κ3) is 5.52. The van der Waals surface area contributed by atoms with Gasteiger partial charge in [0, 0.05) is 32.0 Å². The number of nitrogens with two attached hydrogens (primary N) is 2. The third-order valence-corrected chi connectivity index (χ3v) is 3.82. The first-order valence-corrected chi connectivity index (χ1v) is 7.97. The Labute approximate surface area is 142 Å². The molecule has 5 nitrogen and oxygen atoms in total. The Morgan fingerprint density at radius 2 is 1.54 bits per heavy atom. The van der Waals surface area contributed by atoms with Gasteiger partial charge in [0.15, 0.2) is 0 Å². The lowest BCUT2D eigenvalue weighted by Crippen LogP contribution is -2.35. The van der Waals surface area contributed by atoms with E-state index in [1.807, 2.05) is 60.7 Å². The molecule has 24 heavy (non-hydrogen) atoms. The molecule has 0 aromatic heterocycles. The SMILES string of the molecule is NC(=O)CCN(Cc1ccccc1)C(=O)CC(N)c1ccccc1. The van der Waals surface area contributed by atoms with Crippen LogP contribution in [0.5, 0.6) is 0 Å². The van der Waals surface area contributed by atoms with Gasteiger partial charge in [0.05, 0.1) is 0 Å². The van der Waals surface area contributed by atoms with Crippen molar-refractivity contribution >= 4 is 11.8 Å². The highest BCUT2D eigenvalue weighted by atomic mass is 16.2. The van der Waals surface area contributed by atoms with Crippen LogP contribution in [0.3, 0.4) is 0 Å². The summed E-state index contributed by atoms with van der Waals surface area (Å²) < 4.78 is 0. The fourth-order valence-corrected chi connectivity index (χ4v) is 2.48. The van der Waals surface area contributed by atoms with Gasteiger partial charge in [-0.1, -0.05) is 60.7 Å². The van der Waals surface area contributed by atoms with E-state index in [1.54, 1.807) is 4.90 Å². The summed E-state index contributed by atoms with van der Waals surface area (Å²) in [5.74, 6) is -0.510. The molecule has 0 fully saturated rings. The number of hydrogen-bond acceptors (Lipinski definition) is 3. The first kappa shape index (κ1) is 17.7. The highest BCUT2D eigenvalue weighted by molar-refractivity contribution is 5.78. The number of nitrogens with zero attached hydrogens (tertiary/aromatic N) is 1. The van der Waals surface area contributed by atoms with Crippen LogP contribution >= 0.6 is 0 Å². The highest BCUT2D eigenvalue weighted by Gasteiger charge is 2.18. The lowest BCUT2D eigenvalue weighted by Gasteiger charge is -2.24. The maximum absolute atomic E-state index is 12.6. The standard InChI is InChI=1S/C19H23N3O2/c20-17(16-9-5-2-6-10-16)13-19(24)22(12-11-18(21)23)14-15-7-3-1-4-8-15/h1-10,17H,11-14,20H2,(H2,21,23). The fourth-order valence-electron chi connectivity index (χ4n) is 2.48. The Kier molecular flexibility index (Phi) is 6.51. The largest absolute Gasteiger partial charge is 0.370 e. The van der Waals surface area contributed by atoms with Crippen molar-refractivity contribution in [2.45, 2.75) is 25.4 Å². The van der Waals surface area contributed by atoms with Crippen LogP contribution in [0.25, 0.3) is 0 Å². The average Bonchev–Trinajstić information content (AvgIpc) is 2.60. The Balaban J connectivity index is 2.04. The third-order valence-electron chi connectivity index (χ3n) is 3.82. The Morgan fingerprint density at radius 1 is 0.958 bits per heavy atom. The van der Waals surface area contributed by atoms with Gasteiger partial charge in [-0.05, 0) is 11.1 Å². The van der Waals surface area contributed by atoms with Crippen LogP contribution in [0.4, 0.5) is 0 Å². The second-order valence-electron chi connectivity index (χ2n) is 5.74. The van der Waals surface area contributed by atoms with Gasteiger partial charge < -0.3 is 16.4 Å². The van der Waals surface area contributed by atoms with Crippen molar-refractivity contribution in [3.63, 3.8) is 0 Å². The Morgan fingerprint density at radius 3 is 2.12 bits per heavy atom. The molecule has 2 rings (SSSR count). The second-order valence-corrected chi connectivity index (χ2v) is 5.74. The molecule has 0 saturated heterocycles.